The van der Waals surface area contributed by atoms with Gasteiger partial charge in [0, 0.05) is 12.4 Å². The molecular formula is C18H22N4O7S2. The van der Waals surface area contributed by atoms with Crippen LogP contribution in [0.25, 0.3) is 0 Å². The molecule has 31 heavy (non-hydrogen) atoms. The molecule has 0 radical (unpaired) electrons. The highest BCUT2D eigenvalue weighted by Crippen LogP contribution is 2.20. The number of aliphatic carboxylic acids is 1. The number of carbonyl (C=O) groups is 3. The van der Waals surface area contributed by atoms with Crippen molar-refractivity contribution in [2.45, 2.75) is 23.7 Å². The van der Waals surface area contributed by atoms with E-state index in [1.165, 1.54) is 50.1 Å². The Balaban J connectivity index is 0.000000311. The normalized spacial score (nSPS) is 9.84. The molecule has 0 aliphatic carbocycles. The molecule has 11 nitrogen and oxygen atoms in total. The Labute approximate surface area is 187 Å². The average Bonchev–Trinajstić information content (AvgIpc) is 2.78. The molecule has 2 aromatic heterocycles. The van der Waals surface area contributed by atoms with Gasteiger partial charge in [0.15, 0.2) is 16.1 Å². The molecule has 13 heteroatoms. The number of nitrogens with zero attached hydrogens (tertiary/aromatic N) is 4. The summed E-state index contributed by atoms with van der Waals surface area (Å²) in [5.41, 5.74) is 0.333. The molecule has 2 rings (SSSR count). The van der Waals surface area contributed by atoms with Crippen molar-refractivity contribution in [2.24, 2.45) is 0 Å². The molecule has 0 saturated heterocycles. The summed E-state index contributed by atoms with van der Waals surface area (Å²) in [6.45, 7) is 2.05. The zero-order valence-corrected chi connectivity index (χ0v) is 19.2. The third-order valence-corrected chi connectivity index (χ3v) is 4.45. The molecule has 0 aromatic carbocycles. The first-order chi connectivity index (χ1) is 14.8. The van der Waals surface area contributed by atoms with E-state index in [-0.39, 0.29) is 22.9 Å². The van der Waals surface area contributed by atoms with E-state index in [1.54, 1.807) is 13.2 Å². The second-order valence-electron chi connectivity index (χ2n) is 5.27. The minimum Gasteiger partial charge on any atom is -0.481 e. The van der Waals surface area contributed by atoms with Gasteiger partial charge in [-0.05, 0) is 19.4 Å². The zero-order valence-electron chi connectivity index (χ0n) is 17.6. The Morgan fingerprint density at radius 3 is 1.84 bits per heavy atom. The molecule has 2 heterocycles. The quantitative estimate of drug-likeness (QED) is 0.188. The molecule has 0 atom stereocenters. The fourth-order valence-electron chi connectivity index (χ4n) is 1.98. The summed E-state index contributed by atoms with van der Waals surface area (Å²) in [6, 6.07) is 0. The van der Waals surface area contributed by atoms with E-state index < -0.39 is 24.1 Å². The fourth-order valence-corrected chi connectivity index (χ4v) is 2.65. The lowest BCUT2D eigenvalue weighted by Gasteiger charge is -2.06. The Bertz CT molecular complexity index is 928. The molecule has 168 valence electrons. The van der Waals surface area contributed by atoms with Crippen LogP contribution in [-0.4, -0.2) is 76.1 Å². The van der Waals surface area contributed by atoms with Crippen LogP contribution < -0.4 is 9.47 Å². The minimum absolute atomic E-state index is 0.0858. The number of aromatic nitrogens is 4. The van der Waals surface area contributed by atoms with Gasteiger partial charge in [0.05, 0.1) is 26.4 Å². The SMILES string of the molecule is CCOC(=O)c1cnc(SC)nc1OC.COc1nc(SC)ncc1C(=O)CC(=O)O. The van der Waals surface area contributed by atoms with Crippen molar-refractivity contribution in [1.29, 1.82) is 0 Å². The van der Waals surface area contributed by atoms with E-state index >= 15 is 0 Å². The molecule has 0 fully saturated rings. The number of esters is 1. The van der Waals surface area contributed by atoms with Gasteiger partial charge in [-0.3, -0.25) is 9.59 Å². The molecule has 0 bridgehead atoms. The Hall–Kier alpha value is -2.93. The van der Waals surface area contributed by atoms with Crippen LogP contribution >= 0.6 is 23.5 Å². The van der Waals surface area contributed by atoms with Gasteiger partial charge in [-0.1, -0.05) is 23.5 Å². The second kappa shape index (κ2) is 13.4. The summed E-state index contributed by atoms with van der Waals surface area (Å²) in [7, 11) is 2.82. The molecule has 0 amide bonds. The standard InChI is InChI=1S/C9H10N2O4S.C9H12N2O3S/c1-15-8-5(6(12)3-7(13)14)4-10-9(11-8)16-2;1-4-14-8(12)6-5-10-9(15-3)11-7(6)13-2/h4H,3H2,1-2H3,(H,13,14);5H,4H2,1-3H3. The van der Waals surface area contributed by atoms with Crippen LogP contribution in [0.3, 0.4) is 0 Å². The van der Waals surface area contributed by atoms with Crippen molar-refractivity contribution in [3.8, 4) is 11.8 Å². The van der Waals surface area contributed by atoms with Gasteiger partial charge in [0.1, 0.15) is 12.0 Å². The molecule has 0 spiro atoms. The molecule has 0 aliphatic heterocycles. The Morgan fingerprint density at radius 1 is 0.935 bits per heavy atom. The molecule has 0 saturated carbocycles. The summed E-state index contributed by atoms with van der Waals surface area (Å²) in [6.07, 6.45) is 5.73. The molecule has 0 unspecified atom stereocenters. The van der Waals surface area contributed by atoms with Gasteiger partial charge in [-0.2, -0.15) is 9.97 Å². The first-order valence-corrected chi connectivity index (χ1v) is 11.1. The maximum atomic E-state index is 11.5. The summed E-state index contributed by atoms with van der Waals surface area (Å²) in [5, 5.41) is 9.52. The predicted octanol–water partition coefficient (Wildman–Crippen LogP) is 2.25. The number of carboxylic acid groups (broad SMARTS) is 1. The van der Waals surface area contributed by atoms with Crippen molar-refractivity contribution >= 4 is 41.2 Å². The maximum absolute atomic E-state index is 11.5. The fraction of sp³-hybridized carbons (Fsp3) is 0.389. The number of hydrogen-bond acceptors (Lipinski definition) is 12. The minimum atomic E-state index is -1.19. The van der Waals surface area contributed by atoms with E-state index in [0.29, 0.717) is 16.9 Å². The highest BCUT2D eigenvalue weighted by molar-refractivity contribution is 7.98. The van der Waals surface area contributed by atoms with Crippen molar-refractivity contribution < 1.29 is 33.7 Å². The topological polar surface area (TPSA) is 151 Å². The van der Waals surface area contributed by atoms with Gasteiger partial charge in [0.25, 0.3) is 0 Å². The Kier molecular flexibility index (Phi) is 11.3. The maximum Gasteiger partial charge on any atom is 0.345 e. The number of carboxylic acids is 1. The van der Waals surface area contributed by atoms with Crippen LogP contribution in [0.2, 0.25) is 0 Å². The van der Waals surface area contributed by atoms with Crippen LogP contribution in [0, 0.1) is 0 Å². The van der Waals surface area contributed by atoms with Crippen molar-refractivity contribution in [3.63, 3.8) is 0 Å². The smallest absolute Gasteiger partial charge is 0.345 e. The van der Waals surface area contributed by atoms with Crippen LogP contribution in [0.4, 0.5) is 0 Å². The second-order valence-corrected chi connectivity index (χ2v) is 6.82. The van der Waals surface area contributed by atoms with E-state index in [9.17, 15) is 14.4 Å². The van der Waals surface area contributed by atoms with Crippen LogP contribution in [-0.2, 0) is 9.53 Å². The van der Waals surface area contributed by atoms with E-state index in [2.05, 4.69) is 19.9 Å². The van der Waals surface area contributed by atoms with Gasteiger partial charge in [0.2, 0.25) is 11.8 Å². The molecule has 1 N–H and O–H groups in total. The number of rotatable bonds is 9. The number of methoxy groups -OCH3 is 2. The molecule has 0 aliphatic rings. The largest absolute Gasteiger partial charge is 0.481 e. The number of carbonyl (C=O) groups excluding carboxylic acids is 2. The van der Waals surface area contributed by atoms with Crippen molar-refractivity contribution in [2.75, 3.05) is 33.3 Å². The third kappa shape index (κ3) is 8.02. The Morgan fingerprint density at radius 2 is 1.42 bits per heavy atom. The highest BCUT2D eigenvalue weighted by atomic mass is 32.2. The summed E-state index contributed by atoms with van der Waals surface area (Å²) < 4.78 is 14.7. The first-order valence-electron chi connectivity index (χ1n) is 8.63. The lowest BCUT2D eigenvalue weighted by Crippen LogP contribution is -2.10. The van der Waals surface area contributed by atoms with Crippen LogP contribution in [0.15, 0.2) is 22.7 Å². The summed E-state index contributed by atoms with van der Waals surface area (Å²) in [4.78, 5) is 49.2. The number of Topliss-reactive ketones (excluding diaryl/α,β-unsaturated/α-hetero) is 1. The van der Waals surface area contributed by atoms with E-state index in [4.69, 9.17) is 19.3 Å². The monoisotopic (exact) mass is 470 g/mol. The molecular weight excluding hydrogens is 448 g/mol. The van der Waals surface area contributed by atoms with Gasteiger partial charge < -0.3 is 19.3 Å². The first kappa shape index (κ1) is 26.1. The van der Waals surface area contributed by atoms with Crippen LogP contribution in [0.5, 0.6) is 11.8 Å². The van der Waals surface area contributed by atoms with Gasteiger partial charge >= 0.3 is 11.9 Å². The number of ether oxygens (including phenoxy) is 3. The van der Waals surface area contributed by atoms with E-state index in [1.807, 2.05) is 6.26 Å². The summed E-state index contributed by atoms with van der Waals surface area (Å²) in [5.74, 6) is -1.89. The van der Waals surface area contributed by atoms with Gasteiger partial charge in [-0.15, -0.1) is 0 Å². The van der Waals surface area contributed by atoms with E-state index in [0.717, 1.165) is 0 Å². The highest BCUT2D eigenvalue weighted by Gasteiger charge is 2.18. The number of thioether (sulfide) groups is 2. The average molecular weight is 471 g/mol. The lowest BCUT2D eigenvalue weighted by atomic mass is 10.1. The zero-order chi connectivity index (χ0) is 23.4. The lowest BCUT2D eigenvalue weighted by molar-refractivity contribution is -0.135. The summed E-state index contributed by atoms with van der Waals surface area (Å²) >= 11 is 2.68. The van der Waals surface area contributed by atoms with Crippen LogP contribution in [0.1, 0.15) is 34.1 Å². The van der Waals surface area contributed by atoms with Gasteiger partial charge in [-0.25, -0.2) is 14.8 Å². The third-order valence-electron chi connectivity index (χ3n) is 3.32. The molecule has 2 aromatic rings. The van der Waals surface area contributed by atoms with Crippen molar-refractivity contribution in [3.05, 3.63) is 23.5 Å². The predicted molar refractivity (Wildman–Crippen MR) is 113 cm³/mol. The number of ketones is 1. The number of hydrogen-bond donors (Lipinski definition) is 1. The van der Waals surface area contributed by atoms with Crippen molar-refractivity contribution in [1.82, 2.24) is 19.9 Å².